The van der Waals surface area contributed by atoms with Crippen molar-refractivity contribution in [3.05, 3.63) is 16.1 Å². The zero-order valence-electron chi connectivity index (χ0n) is 11.5. The summed E-state index contributed by atoms with van der Waals surface area (Å²) in [6.45, 7) is 4.97. The summed E-state index contributed by atoms with van der Waals surface area (Å²) in [6, 6.07) is -0.651. The molecule has 8 heteroatoms. The number of carboxylic acids is 1. The number of aryl methyl sites for hydroxylation is 1. The maximum absolute atomic E-state index is 11.5. The number of amides is 3. The molecule has 0 unspecified atom stereocenters. The standard InChI is InChI=1S/C12H17N3O4S/c1-7-13-5-8(20-7)6-14-11(19)15-9(16)4-12(2,3)10(17)18/h5H,4,6H2,1-3H3,(H,17,18)(H2,14,15,16,19). The van der Waals surface area contributed by atoms with E-state index in [9.17, 15) is 14.4 Å². The van der Waals surface area contributed by atoms with Crippen molar-refractivity contribution in [1.29, 1.82) is 0 Å². The van der Waals surface area contributed by atoms with E-state index in [1.807, 2.05) is 6.92 Å². The third-order valence-electron chi connectivity index (χ3n) is 2.53. The lowest BCUT2D eigenvalue weighted by molar-refractivity contribution is -0.149. The Morgan fingerprint density at radius 1 is 1.40 bits per heavy atom. The molecule has 7 nitrogen and oxygen atoms in total. The van der Waals surface area contributed by atoms with Gasteiger partial charge in [-0.05, 0) is 20.8 Å². The highest BCUT2D eigenvalue weighted by Gasteiger charge is 2.30. The van der Waals surface area contributed by atoms with Crippen molar-refractivity contribution in [3.63, 3.8) is 0 Å². The Morgan fingerprint density at radius 3 is 2.55 bits per heavy atom. The van der Waals surface area contributed by atoms with Crippen molar-refractivity contribution in [2.24, 2.45) is 5.41 Å². The molecule has 1 rings (SSSR count). The highest BCUT2D eigenvalue weighted by Crippen LogP contribution is 2.19. The van der Waals surface area contributed by atoms with E-state index in [4.69, 9.17) is 5.11 Å². The first-order valence-electron chi connectivity index (χ1n) is 5.93. The second-order valence-electron chi connectivity index (χ2n) is 4.94. The molecule has 110 valence electrons. The van der Waals surface area contributed by atoms with Gasteiger partial charge in [0.05, 0.1) is 17.0 Å². The predicted molar refractivity (Wildman–Crippen MR) is 73.3 cm³/mol. The van der Waals surface area contributed by atoms with Gasteiger partial charge in [-0.2, -0.15) is 0 Å². The topological polar surface area (TPSA) is 108 Å². The van der Waals surface area contributed by atoms with Crippen LogP contribution in [-0.2, 0) is 16.1 Å². The normalized spacial score (nSPS) is 10.9. The molecule has 0 fully saturated rings. The van der Waals surface area contributed by atoms with E-state index in [0.29, 0.717) is 0 Å². The van der Waals surface area contributed by atoms with Crippen LogP contribution in [0.3, 0.4) is 0 Å². The Kier molecular flexibility index (Phi) is 5.20. The molecule has 1 aromatic rings. The molecule has 0 aliphatic rings. The van der Waals surface area contributed by atoms with E-state index < -0.39 is 23.3 Å². The fraction of sp³-hybridized carbons (Fsp3) is 0.500. The van der Waals surface area contributed by atoms with Crippen molar-refractivity contribution in [2.75, 3.05) is 0 Å². The Balaban J connectivity index is 2.39. The largest absolute Gasteiger partial charge is 0.481 e. The summed E-state index contributed by atoms with van der Waals surface area (Å²) in [4.78, 5) is 38.8. The van der Waals surface area contributed by atoms with Crippen LogP contribution in [0.2, 0.25) is 0 Å². The zero-order chi connectivity index (χ0) is 15.3. The van der Waals surface area contributed by atoms with E-state index in [0.717, 1.165) is 9.88 Å². The van der Waals surface area contributed by atoms with Crippen LogP contribution in [0.25, 0.3) is 0 Å². The summed E-state index contributed by atoms with van der Waals surface area (Å²) < 4.78 is 0. The van der Waals surface area contributed by atoms with Gasteiger partial charge < -0.3 is 10.4 Å². The maximum atomic E-state index is 11.5. The summed E-state index contributed by atoms with van der Waals surface area (Å²) >= 11 is 1.45. The molecule has 3 N–H and O–H groups in total. The van der Waals surface area contributed by atoms with Crippen LogP contribution >= 0.6 is 11.3 Å². The summed E-state index contributed by atoms with van der Waals surface area (Å²) in [6.07, 6.45) is 1.38. The average Bonchev–Trinajstić information content (AvgIpc) is 2.71. The molecule has 0 spiro atoms. The van der Waals surface area contributed by atoms with Crippen molar-refractivity contribution in [3.8, 4) is 0 Å². The van der Waals surface area contributed by atoms with Gasteiger partial charge in [-0.15, -0.1) is 11.3 Å². The number of thiazole rings is 1. The van der Waals surface area contributed by atoms with Gasteiger partial charge in [-0.25, -0.2) is 9.78 Å². The number of urea groups is 1. The van der Waals surface area contributed by atoms with Crippen LogP contribution < -0.4 is 10.6 Å². The number of carbonyl (C=O) groups is 3. The minimum atomic E-state index is -1.21. The van der Waals surface area contributed by atoms with Crippen molar-refractivity contribution in [1.82, 2.24) is 15.6 Å². The minimum absolute atomic E-state index is 0.268. The molecular formula is C12H17N3O4S. The molecule has 3 amide bonds. The number of nitrogens with zero attached hydrogens (tertiary/aromatic N) is 1. The van der Waals surface area contributed by atoms with Gasteiger partial charge in [0.15, 0.2) is 0 Å². The van der Waals surface area contributed by atoms with Crippen molar-refractivity contribution < 1.29 is 19.5 Å². The van der Waals surface area contributed by atoms with Crippen LogP contribution in [0.1, 0.15) is 30.2 Å². The Labute approximate surface area is 120 Å². The minimum Gasteiger partial charge on any atom is -0.481 e. The van der Waals surface area contributed by atoms with E-state index >= 15 is 0 Å². The van der Waals surface area contributed by atoms with Gasteiger partial charge in [-0.1, -0.05) is 0 Å². The molecule has 0 atom stereocenters. The van der Waals surface area contributed by atoms with E-state index in [1.165, 1.54) is 25.2 Å². The monoisotopic (exact) mass is 299 g/mol. The number of aromatic nitrogens is 1. The second-order valence-corrected chi connectivity index (χ2v) is 6.26. The molecular weight excluding hydrogens is 282 g/mol. The van der Waals surface area contributed by atoms with Crippen LogP contribution in [0.5, 0.6) is 0 Å². The average molecular weight is 299 g/mol. The van der Waals surface area contributed by atoms with Crippen LogP contribution in [0.4, 0.5) is 4.79 Å². The first kappa shape index (κ1) is 16.1. The highest BCUT2D eigenvalue weighted by atomic mass is 32.1. The van der Waals surface area contributed by atoms with Crippen LogP contribution in [0.15, 0.2) is 6.20 Å². The molecule has 0 saturated carbocycles. The predicted octanol–water partition coefficient (Wildman–Crippen LogP) is 1.28. The number of carboxylic acid groups (broad SMARTS) is 1. The van der Waals surface area contributed by atoms with E-state index in [-0.39, 0.29) is 13.0 Å². The molecule has 0 saturated heterocycles. The van der Waals surface area contributed by atoms with Crippen LogP contribution in [-0.4, -0.2) is 28.0 Å². The Hall–Kier alpha value is -1.96. The first-order valence-corrected chi connectivity index (χ1v) is 6.75. The molecule has 1 heterocycles. The van der Waals surface area contributed by atoms with Crippen molar-refractivity contribution >= 4 is 29.2 Å². The lowest BCUT2D eigenvalue weighted by Crippen LogP contribution is -2.41. The number of carbonyl (C=O) groups excluding carboxylic acids is 2. The molecule has 0 bridgehead atoms. The van der Waals surface area contributed by atoms with E-state index in [1.54, 1.807) is 6.20 Å². The number of rotatable bonds is 5. The van der Waals surface area contributed by atoms with Crippen LogP contribution in [0, 0.1) is 12.3 Å². The number of hydrogen-bond acceptors (Lipinski definition) is 5. The smallest absolute Gasteiger partial charge is 0.321 e. The highest BCUT2D eigenvalue weighted by molar-refractivity contribution is 7.11. The lowest BCUT2D eigenvalue weighted by atomic mass is 9.89. The molecule has 1 aromatic heterocycles. The molecule has 20 heavy (non-hydrogen) atoms. The van der Waals surface area contributed by atoms with Gasteiger partial charge in [0, 0.05) is 17.5 Å². The Morgan fingerprint density at radius 2 is 2.05 bits per heavy atom. The third kappa shape index (κ3) is 4.96. The third-order valence-corrected chi connectivity index (χ3v) is 3.44. The summed E-state index contributed by atoms with van der Waals surface area (Å²) in [7, 11) is 0. The lowest BCUT2D eigenvalue weighted by Gasteiger charge is -2.17. The number of nitrogens with one attached hydrogen (secondary N) is 2. The van der Waals surface area contributed by atoms with Gasteiger partial charge >= 0.3 is 12.0 Å². The van der Waals surface area contributed by atoms with Crippen molar-refractivity contribution in [2.45, 2.75) is 33.7 Å². The quantitative estimate of drug-likeness (QED) is 0.759. The molecule has 0 aliphatic carbocycles. The fourth-order valence-electron chi connectivity index (χ4n) is 1.35. The Bertz CT molecular complexity index is 525. The van der Waals surface area contributed by atoms with Gasteiger partial charge in [-0.3, -0.25) is 14.9 Å². The SMILES string of the molecule is Cc1ncc(CNC(=O)NC(=O)CC(C)(C)C(=O)O)s1. The number of aliphatic carboxylic acids is 1. The molecule has 0 aliphatic heterocycles. The zero-order valence-corrected chi connectivity index (χ0v) is 12.3. The molecule has 0 radical (unpaired) electrons. The first-order chi connectivity index (χ1) is 9.20. The van der Waals surface area contributed by atoms with E-state index in [2.05, 4.69) is 15.6 Å². The summed E-state index contributed by atoms with van der Waals surface area (Å²) in [5.41, 5.74) is -1.21. The van der Waals surface area contributed by atoms with Gasteiger partial charge in [0.1, 0.15) is 0 Å². The maximum Gasteiger partial charge on any atom is 0.321 e. The molecule has 0 aromatic carbocycles. The summed E-state index contributed by atoms with van der Waals surface area (Å²) in [5.74, 6) is -1.72. The number of imide groups is 1. The van der Waals surface area contributed by atoms with Gasteiger partial charge in [0.2, 0.25) is 5.91 Å². The summed E-state index contributed by atoms with van der Waals surface area (Å²) in [5, 5.41) is 14.4. The van der Waals surface area contributed by atoms with Gasteiger partial charge in [0.25, 0.3) is 0 Å². The number of hydrogen-bond donors (Lipinski definition) is 3. The fourth-order valence-corrected chi connectivity index (χ4v) is 2.08. The second kappa shape index (κ2) is 6.47.